The molecule has 1 nitrogen and oxygen atoms in total. The normalized spacial score (nSPS) is 30.5. The fourth-order valence-electron chi connectivity index (χ4n) is 2.44. The average molecular weight is 169 g/mol. The van der Waals surface area contributed by atoms with Crippen molar-refractivity contribution in [2.24, 2.45) is 5.92 Å². The largest absolute Gasteiger partial charge is 0.314 e. The Hall–Kier alpha value is -0.0400. The SMILES string of the molecule is CCCC1CCCC(NCC)C1. The van der Waals surface area contributed by atoms with Gasteiger partial charge in [0, 0.05) is 6.04 Å². The van der Waals surface area contributed by atoms with Gasteiger partial charge in [-0.05, 0) is 25.3 Å². The van der Waals surface area contributed by atoms with E-state index in [1.54, 1.807) is 0 Å². The third kappa shape index (κ3) is 3.14. The van der Waals surface area contributed by atoms with Gasteiger partial charge in [0.15, 0.2) is 0 Å². The highest BCUT2D eigenvalue weighted by molar-refractivity contribution is 4.77. The second-order valence-corrected chi connectivity index (χ2v) is 4.08. The first-order valence-electron chi connectivity index (χ1n) is 5.60. The van der Waals surface area contributed by atoms with Crippen LogP contribution in [-0.4, -0.2) is 12.6 Å². The van der Waals surface area contributed by atoms with Crippen molar-refractivity contribution in [3.63, 3.8) is 0 Å². The van der Waals surface area contributed by atoms with Crippen LogP contribution in [0.5, 0.6) is 0 Å². The highest BCUT2D eigenvalue weighted by Gasteiger charge is 2.19. The van der Waals surface area contributed by atoms with Gasteiger partial charge in [0.25, 0.3) is 0 Å². The standard InChI is InChI=1S/C11H23N/c1-3-6-10-7-5-8-11(9-10)12-4-2/h10-12H,3-9H2,1-2H3. The summed E-state index contributed by atoms with van der Waals surface area (Å²) in [5.74, 6) is 1.02. The molecule has 0 heterocycles. The molecule has 1 fully saturated rings. The van der Waals surface area contributed by atoms with E-state index in [1.165, 1.54) is 38.5 Å². The summed E-state index contributed by atoms with van der Waals surface area (Å²) in [5, 5.41) is 3.57. The molecule has 0 bridgehead atoms. The Morgan fingerprint density at radius 1 is 1.25 bits per heavy atom. The van der Waals surface area contributed by atoms with Gasteiger partial charge in [0.05, 0.1) is 0 Å². The Morgan fingerprint density at radius 2 is 2.08 bits per heavy atom. The third-order valence-electron chi connectivity index (χ3n) is 2.97. The minimum absolute atomic E-state index is 0.834. The van der Waals surface area contributed by atoms with Crippen LogP contribution in [0.2, 0.25) is 0 Å². The van der Waals surface area contributed by atoms with Gasteiger partial charge in [-0.25, -0.2) is 0 Å². The maximum atomic E-state index is 3.57. The molecule has 1 N–H and O–H groups in total. The first-order valence-corrected chi connectivity index (χ1v) is 5.60. The molecule has 0 spiro atoms. The molecule has 0 aromatic heterocycles. The number of rotatable bonds is 4. The topological polar surface area (TPSA) is 12.0 Å². The molecular formula is C11H23N. The predicted octanol–water partition coefficient (Wildman–Crippen LogP) is 2.95. The lowest BCUT2D eigenvalue weighted by Crippen LogP contribution is -2.33. The first kappa shape index (κ1) is 10.0. The lowest BCUT2D eigenvalue weighted by molar-refractivity contribution is 0.274. The lowest BCUT2D eigenvalue weighted by atomic mass is 9.83. The van der Waals surface area contributed by atoms with Crippen molar-refractivity contribution in [3.8, 4) is 0 Å². The monoisotopic (exact) mass is 169 g/mol. The fraction of sp³-hybridized carbons (Fsp3) is 1.00. The van der Waals surface area contributed by atoms with E-state index in [4.69, 9.17) is 0 Å². The van der Waals surface area contributed by atoms with Crippen LogP contribution in [0.25, 0.3) is 0 Å². The minimum atomic E-state index is 0.834. The zero-order valence-electron chi connectivity index (χ0n) is 8.60. The second kappa shape index (κ2) is 5.58. The van der Waals surface area contributed by atoms with Crippen LogP contribution in [0.3, 0.4) is 0 Å². The Labute approximate surface area is 76.9 Å². The number of nitrogens with one attached hydrogen (secondary N) is 1. The summed E-state index contributed by atoms with van der Waals surface area (Å²) in [5.41, 5.74) is 0. The summed E-state index contributed by atoms with van der Waals surface area (Å²) < 4.78 is 0. The molecule has 1 saturated carbocycles. The fourth-order valence-corrected chi connectivity index (χ4v) is 2.44. The lowest BCUT2D eigenvalue weighted by Gasteiger charge is -2.29. The van der Waals surface area contributed by atoms with Gasteiger partial charge in [0.2, 0.25) is 0 Å². The van der Waals surface area contributed by atoms with Crippen molar-refractivity contribution in [1.82, 2.24) is 5.32 Å². The summed E-state index contributed by atoms with van der Waals surface area (Å²) in [6.07, 6.45) is 8.58. The highest BCUT2D eigenvalue weighted by Crippen LogP contribution is 2.27. The Balaban J connectivity index is 2.20. The summed E-state index contributed by atoms with van der Waals surface area (Å²) in [6, 6.07) is 0.834. The van der Waals surface area contributed by atoms with Crippen LogP contribution in [0.15, 0.2) is 0 Å². The van der Waals surface area contributed by atoms with Crippen molar-refractivity contribution in [1.29, 1.82) is 0 Å². The molecule has 0 aromatic carbocycles. The molecule has 1 aliphatic rings. The van der Waals surface area contributed by atoms with E-state index in [0.29, 0.717) is 0 Å². The molecule has 0 saturated heterocycles. The third-order valence-corrected chi connectivity index (χ3v) is 2.97. The number of hydrogen-bond donors (Lipinski definition) is 1. The summed E-state index contributed by atoms with van der Waals surface area (Å²) in [4.78, 5) is 0. The maximum Gasteiger partial charge on any atom is 0.00695 e. The predicted molar refractivity (Wildman–Crippen MR) is 54.3 cm³/mol. The first-order chi connectivity index (χ1) is 5.86. The zero-order valence-corrected chi connectivity index (χ0v) is 8.60. The summed E-state index contributed by atoms with van der Waals surface area (Å²) in [6.45, 7) is 5.66. The molecule has 1 heteroatoms. The molecule has 1 aliphatic carbocycles. The van der Waals surface area contributed by atoms with Crippen LogP contribution < -0.4 is 5.32 Å². The van der Waals surface area contributed by atoms with E-state index in [9.17, 15) is 0 Å². The highest BCUT2D eigenvalue weighted by atomic mass is 14.9. The molecule has 0 amide bonds. The molecule has 72 valence electrons. The van der Waals surface area contributed by atoms with Crippen molar-refractivity contribution in [2.75, 3.05) is 6.54 Å². The van der Waals surface area contributed by atoms with Crippen molar-refractivity contribution in [3.05, 3.63) is 0 Å². The smallest absolute Gasteiger partial charge is 0.00695 e. The minimum Gasteiger partial charge on any atom is -0.314 e. The Bertz CT molecular complexity index is 95.6. The average Bonchev–Trinajstić information content (AvgIpc) is 2.06. The van der Waals surface area contributed by atoms with Crippen LogP contribution in [-0.2, 0) is 0 Å². The van der Waals surface area contributed by atoms with Gasteiger partial charge in [0.1, 0.15) is 0 Å². The summed E-state index contributed by atoms with van der Waals surface area (Å²) in [7, 11) is 0. The van der Waals surface area contributed by atoms with Gasteiger partial charge < -0.3 is 5.32 Å². The van der Waals surface area contributed by atoms with Crippen LogP contribution in [0, 0.1) is 5.92 Å². The van der Waals surface area contributed by atoms with E-state index < -0.39 is 0 Å². The van der Waals surface area contributed by atoms with Gasteiger partial charge in [-0.3, -0.25) is 0 Å². The van der Waals surface area contributed by atoms with Crippen molar-refractivity contribution in [2.45, 2.75) is 58.4 Å². The van der Waals surface area contributed by atoms with Crippen LogP contribution in [0.4, 0.5) is 0 Å². The molecule has 12 heavy (non-hydrogen) atoms. The molecular weight excluding hydrogens is 146 g/mol. The van der Waals surface area contributed by atoms with E-state index >= 15 is 0 Å². The van der Waals surface area contributed by atoms with Gasteiger partial charge >= 0.3 is 0 Å². The van der Waals surface area contributed by atoms with E-state index in [2.05, 4.69) is 19.2 Å². The van der Waals surface area contributed by atoms with Gasteiger partial charge in [-0.15, -0.1) is 0 Å². The quantitative estimate of drug-likeness (QED) is 0.682. The Kier molecular flexibility index (Phi) is 4.67. The van der Waals surface area contributed by atoms with E-state index in [0.717, 1.165) is 18.5 Å². The molecule has 1 rings (SSSR count). The molecule has 0 aliphatic heterocycles. The van der Waals surface area contributed by atoms with Crippen LogP contribution >= 0.6 is 0 Å². The Morgan fingerprint density at radius 3 is 2.75 bits per heavy atom. The van der Waals surface area contributed by atoms with Crippen molar-refractivity contribution < 1.29 is 0 Å². The molecule has 0 radical (unpaired) electrons. The molecule has 2 unspecified atom stereocenters. The maximum absolute atomic E-state index is 3.57. The van der Waals surface area contributed by atoms with Crippen LogP contribution in [0.1, 0.15) is 52.4 Å². The van der Waals surface area contributed by atoms with Gasteiger partial charge in [-0.2, -0.15) is 0 Å². The van der Waals surface area contributed by atoms with Crippen molar-refractivity contribution >= 4 is 0 Å². The second-order valence-electron chi connectivity index (χ2n) is 4.08. The molecule has 0 aromatic rings. The molecule has 2 atom stereocenters. The summed E-state index contributed by atoms with van der Waals surface area (Å²) >= 11 is 0. The van der Waals surface area contributed by atoms with Gasteiger partial charge in [-0.1, -0.05) is 39.5 Å². The van der Waals surface area contributed by atoms with E-state index in [1.807, 2.05) is 0 Å². The zero-order chi connectivity index (χ0) is 8.81. The van der Waals surface area contributed by atoms with E-state index in [-0.39, 0.29) is 0 Å². The number of hydrogen-bond acceptors (Lipinski definition) is 1.